The Balaban J connectivity index is 1.94. The van der Waals surface area contributed by atoms with Gasteiger partial charge in [-0.25, -0.2) is 0 Å². The van der Waals surface area contributed by atoms with Crippen LogP contribution < -0.4 is 0 Å². The molecule has 0 heteroatoms. The Morgan fingerprint density at radius 2 is 1.32 bits per heavy atom. The molecule has 4 rings (SSSR count). The number of allylic oxidation sites excluding steroid dienone is 1. The van der Waals surface area contributed by atoms with E-state index < -0.39 is 0 Å². The number of hydrogen-bond acceptors (Lipinski definition) is 0. The standard InChI is InChI=1S/C22H18/c1-16-12-20-14-19(17-8-4-2-5-9-17)15-22(21(20)13-16)18-10-6-3-7-11-18/h2-11,13-15H,12H2,1H3. The lowest BCUT2D eigenvalue weighted by molar-refractivity contribution is 1.20. The molecule has 22 heavy (non-hydrogen) atoms. The van der Waals surface area contributed by atoms with Gasteiger partial charge in [0.2, 0.25) is 0 Å². The van der Waals surface area contributed by atoms with Crippen molar-refractivity contribution in [3.63, 3.8) is 0 Å². The van der Waals surface area contributed by atoms with Crippen molar-refractivity contribution in [2.24, 2.45) is 0 Å². The van der Waals surface area contributed by atoms with E-state index in [0.717, 1.165) is 6.42 Å². The molecule has 0 fully saturated rings. The van der Waals surface area contributed by atoms with E-state index in [-0.39, 0.29) is 0 Å². The van der Waals surface area contributed by atoms with Crippen LogP contribution in [-0.2, 0) is 6.42 Å². The average molecular weight is 282 g/mol. The van der Waals surface area contributed by atoms with Crippen molar-refractivity contribution >= 4 is 6.08 Å². The minimum atomic E-state index is 1.07. The topological polar surface area (TPSA) is 0 Å². The largest absolute Gasteiger partial charge is 0.0683 e. The summed E-state index contributed by atoms with van der Waals surface area (Å²) in [6.45, 7) is 2.22. The molecule has 0 atom stereocenters. The molecule has 0 saturated carbocycles. The second-order valence-electron chi connectivity index (χ2n) is 6.00. The first-order valence-corrected chi connectivity index (χ1v) is 7.76. The highest BCUT2D eigenvalue weighted by atomic mass is 14.2. The summed E-state index contributed by atoms with van der Waals surface area (Å²) in [4.78, 5) is 0. The van der Waals surface area contributed by atoms with Gasteiger partial charge in [0.1, 0.15) is 0 Å². The van der Waals surface area contributed by atoms with Crippen LogP contribution in [0, 0.1) is 0 Å². The van der Waals surface area contributed by atoms with E-state index in [1.165, 1.54) is 39.0 Å². The van der Waals surface area contributed by atoms with Crippen LogP contribution in [0.15, 0.2) is 78.4 Å². The van der Waals surface area contributed by atoms with Gasteiger partial charge < -0.3 is 0 Å². The summed E-state index contributed by atoms with van der Waals surface area (Å²) < 4.78 is 0. The fraction of sp³-hybridized carbons (Fsp3) is 0.0909. The Bertz CT molecular complexity index is 840. The maximum Gasteiger partial charge on any atom is -0.00602 e. The molecule has 0 radical (unpaired) electrons. The Labute approximate surface area is 131 Å². The van der Waals surface area contributed by atoms with Crippen LogP contribution in [0.3, 0.4) is 0 Å². The third-order valence-corrected chi connectivity index (χ3v) is 4.32. The molecule has 0 N–H and O–H groups in total. The van der Waals surface area contributed by atoms with Gasteiger partial charge in [-0.05, 0) is 52.8 Å². The first-order chi connectivity index (χ1) is 10.8. The highest BCUT2D eigenvalue weighted by Crippen LogP contribution is 2.37. The SMILES string of the molecule is CC1=Cc2c(cc(-c3ccccc3)cc2-c2ccccc2)C1. The van der Waals surface area contributed by atoms with Crippen LogP contribution in [0.1, 0.15) is 18.1 Å². The van der Waals surface area contributed by atoms with Crippen molar-refractivity contribution < 1.29 is 0 Å². The second-order valence-corrected chi connectivity index (χ2v) is 6.00. The zero-order chi connectivity index (χ0) is 14.9. The molecule has 0 unspecified atom stereocenters. The molecule has 0 amide bonds. The van der Waals surface area contributed by atoms with Gasteiger partial charge in [-0.3, -0.25) is 0 Å². The van der Waals surface area contributed by atoms with Crippen molar-refractivity contribution in [1.82, 2.24) is 0 Å². The van der Waals surface area contributed by atoms with Gasteiger partial charge in [0.05, 0.1) is 0 Å². The molecule has 0 aromatic heterocycles. The summed E-state index contributed by atoms with van der Waals surface area (Å²) >= 11 is 0. The monoisotopic (exact) mass is 282 g/mol. The van der Waals surface area contributed by atoms with E-state index in [1.807, 2.05) is 0 Å². The maximum absolute atomic E-state index is 2.35. The summed E-state index contributed by atoms with van der Waals surface area (Å²) in [5, 5.41) is 0. The number of fused-ring (bicyclic) bond motifs is 1. The van der Waals surface area contributed by atoms with Crippen LogP contribution in [0.2, 0.25) is 0 Å². The van der Waals surface area contributed by atoms with Crippen molar-refractivity contribution in [3.8, 4) is 22.3 Å². The van der Waals surface area contributed by atoms with Gasteiger partial charge in [-0.15, -0.1) is 0 Å². The van der Waals surface area contributed by atoms with Gasteiger partial charge >= 0.3 is 0 Å². The molecule has 0 spiro atoms. The molecule has 0 aliphatic heterocycles. The van der Waals surface area contributed by atoms with Gasteiger partial charge in [0, 0.05) is 0 Å². The Morgan fingerprint density at radius 3 is 2.00 bits per heavy atom. The summed E-state index contributed by atoms with van der Waals surface area (Å²) in [6.07, 6.45) is 3.41. The zero-order valence-electron chi connectivity index (χ0n) is 12.7. The minimum absolute atomic E-state index is 1.07. The first kappa shape index (κ1) is 13.1. The van der Waals surface area contributed by atoms with Gasteiger partial charge in [-0.2, -0.15) is 0 Å². The van der Waals surface area contributed by atoms with E-state index >= 15 is 0 Å². The molecule has 3 aromatic carbocycles. The Hall–Kier alpha value is -2.60. The van der Waals surface area contributed by atoms with Crippen molar-refractivity contribution in [2.45, 2.75) is 13.3 Å². The predicted octanol–water partition coefficient (Wildman–Crippen LogP) is 5.98. The van der Waals surface area contributed by atoms with Crippen molar-refractivity contribution in [2.75, 3.05) is 0 Å². The van der Waals surface area contributed by atoms with Crippen LogP contribution >= 0.6 is 0 Å². The molecule has 0 nitrogen and oxygen atoms in total. The molecular weight excluding hydrogens is 264 g/mol. The number of hydrogen-bond donors (Lipinski definition) is 0. The summed E-state index contributed by atoms with van der Waals surface area (Å²) in [5.74, 6) is 0. The maximum atomic E-state index is 2.35. The third-order valence-electron chi connectivity index (χ3n) is 4.32. The highest BCUT2D eigenvalue weighted by molar-refractivity contribution is 5.85. The fourth-order valence-electron chi connectivity index (χ4n) is 3.28. The number of benzene rings is 3. The van der Waals surface area contributed by atoms with Crippen LogP contribution in [0.5, 0.6) is 0 Å². The third kappa shape index (κ3) is 2.27. The zero-order valence-corrected chi connectivity index (χ0v) is 12.7. The van der Waals surface area contributed by atoms with Crippen molar-refractivity contribution in [1.29, 1.82) is 0 Å². The van der Waals surface area contributed by atoms with Gasteiger partial charge in [-0.1, -0.05) is 78.4 Å². The molecular formula is C22H18. The molecule has 1 aliphatic rings. The van der Waals surface area contributed by atoms with E-state index in [1.54, 1.807) is 0 Å². The quantitative estimate of drug-likeness (QED) is 0.542. The molecule has 0 saturated heterocycles. The lowest BCUT2D eigenvalue weighted by Gasteiger charge is -2.12. The minimum Gasteiger partial charge on any atom is -0.0683 e. The number of rotatable bonds is 2. The van der Waals surface area contributed by atoms with Crippen LogP contribution in [0.4, 0.5) is 0 Å². The van der Waals surface area contributed by atoms with Crippen LogP contribution in [-0.4, -0.2) is 0 Å². The lowest BCUT2D eigenvalue weighted by Crippen LogP contribution is -1.90. The molecule has 0 bridgehead atoms. The van der Waals surface area contributed by atoms with Crippen LogP contribution in [0.25, 0.3) is 28.3 Å². The van der Waals surface area contributed by atoms with E-state index in [0.29, 0.717) is 0 Å². The summed E-state index contributed by atoms with van der Waals surface area (Å²) in [7, 11) is 0. The molecule has 0 heterocycles. The molecule has 3 aromatic rings. The Kier molecular flexibility index (Phi) is 3.16. The smallest absolute Gasteiger partial charge is 0.00602 e. The first-order valence-electron chi connectivity index (χ1n) is 7.76. The molecule has 1 aliphatic carbocycles. The second kappa shape index (κ2) is 5.31. The van der Waals surface area contributed by atoms with Gasteiger partial charge in [0.25, 0.3) is 0 Å². The van der Waals surface area contributed by atoms with Crippen molar-refractivity contribution in [3.05, 3.63) is 89.5 Å². The summed E-state index contributed by atoms with van der Waals surface area (Å²) in [6, 6.07) is 26.0. The normalized spacial score (nSPS) is 12.9. The average Bonchev–Trinajstić information content (AvgIpc) is 2.95. The highest BCUT2D eigenvalue weighted by Gasteiger charge is 2.16. The van der Waals surface area contributed by atoms with E-state index in [4.69, 9.17) is 0 Å². The van der Waals surface area contributed by atoms with E-state index in [9.17, 15) is 0 Å². The Morgan fingerprint density at radius 1 is 0.682 bits per heavy atom. The fourth-order valence-corrected chi connectivity index (χ4v) is 3.28. The van der Waals surface area contributed by atoms with Gasteiger partial charge in [0.15, 0.2) is 0 Å². The summed E-state index contributed by atoms with van der Waals surface area (Å²) in [5.41, 5.74) is 9.50. The lowest BCUT2D eigenvalue weighted by atomic mass is 9.92. The molecule has 106 valence electrons. The van der Waals surface area contributed by atoms with E-state index in [2.05, 4.69) is 85.8 Å². The predicted molar refractivity (Wildman–Crippen MR) is 94.7 cm³/mol.